The number of amides is 1. The van der Waals surface area contributed by atoms with Crippen molar-refractivity contribution in [2.45, 2.75) is 58.4 Å². The second-order valence-corrected chi connectivity index (χ2v) is 5.66. The van der Waals surface area contributed by atoms with Crippen LogP contribution in [-0.2, 0) is 4.79 Å². The monoisotopic (exact) mass is 294 g/mol. The van der Waals surface area contributed by atoms with E-state index in [-0.39, 0.29) is 17.7 Å². The van der Waals surface area contributed by atoms with Crippen LogP contribution < -0.4 is 5.32 Å². The number of aromatic nitrogens is 1. The molecule has 0 aliphatic heterocycles. The van der Waals surface area contributed by atoms with E-state index in [2.05, 4.69) is 10.3 Å². The fourth-order valence-electron chi connectivity index (χ4n) is 2.93. The third kappa shape index (κ3) is 3.83. The van der Waals surface area contributed by atoms with Gasteiger partial charge >= 0.3 is 5.97 Å². The number of oxazole rings is 1. The van der Waals surface area contributed by atoms with Gasteiger partial charge in [-0.15, -0.1) is 0 Å². The smallest absolute Gasteiger partial charge is 0.308 e. The SMILES string of the molecule is Cc1nc(C)c(C(=O)NC2CCCCCCC2C(=O)O)o1. The van der Waals surface area contributed by atoms with Gasteiger partial charge in [0.2, 0.25) is 5.76 Å². The number of aliphatic carboxylic acids is 1. The van der Waals surface area contributed by atoms with E-state index >= 15 is 0 Å². The van der Waals surface area contributed by atoms with Crippen molar-refractivity contribution >= 4 is 11.9 Å². The first-order valence-electron chi connectivity index (χ1n) is 7.46. The number of carbonyl (C=O) groups excluding carboxylic acids is 1. The number of nitrogens with one attached hydrogen (secondary N) is 1. The number of hydrogen-bond donors (Lipinski definition) is 2. The van der Waals surface area contributed by atoms with Crippen LogP contribution in [0.15, 0.2) is 4.42 Å². The van der Waals surface area contributed by atoms with Crippen molar-refractivity contribution in [1.29, 1.82) is 0 Å². The summed E-state index contributed by atoms with van der Waals surface area (Å²) < 4.78 is 5.30. The van der Waals surface area contributed by atoms with Crippen LogP contribution in [0.2, 0.25) is 0 Å². The summed E-state index contributed by atoms with van der Waals surface area (Å²) in [6, 6.07) is -0.347. The number of rotatable bonds is 3. The Bertz CT molecular complexity index is 524. The first kappa shape index (κ1) is 15.5. The van der Waals surface area contributed by atoms with Gasteiger partial charge in [0.1, 0.15) is 0 Å². The lowest BCUT2D eigenvalue weighted by molar-refractivity contribution is -0.143. The number of carbonyl (C=O) groups is 2. The molecule has 0 spiro atoms. The molecule has 1 aliphatic rings. The molecule has 2 unspecified atom stereocenters. The minimum atomic E-state index is -0.840. The van der Waals surface area contributed by atoms with E-state index in [4.69, 9.17) is 4.42 Å². The highest BCUT2D eigenvalue weighted by Gasteiger charge is 2.31. The minimum Gasteiger partial charge on any atom is -0.481 e. The van der Waals surface area contributed by atoms with E-state index < -0.39 is 11.9 Å². The highest BCUT2D eigenvalue weighted by atomic mass is 16.4. The van der Waals surface area contributed by atoms with Crippen molar-refractivity contribution in [3.05, 3.63) is 17.3 Å². The molecule has 0 radical (unpaired) electrons. The summed E-state index contributed by atoms with van der Waals surface area (Å²) in [5, 5.41) is 12.2. The van der Waals surface area contributed by atoms with Gasteiger partial charge in [0, 0.05) is 13.0 Å². The molecule has 6 nitrogen and oxygen atoms in total. The molecular formula is C15H22N2O4. The molecule has 1 aliphatic carbocycles. The van der Waals surface area contributed by atoms with Crippen LogP contribution in [0.5, 0.6) is 0 Å². The molecule has 0 bridgehead atoms. The third-order valence-electron chi connectivity index (χ3n) is 4.01. The fourth-order valence-corrected chi connectivity index (χ4v) is 2.93. The molecule has 1 aromatic heterocycles. The second-order valence-electron chi connectivity index (χ2n) is 5.66. The normalized spacial score (nSPS) is 23.1. The predicted octanol–water partition coefficient (Wildman–Crippen LogP) is 2.44. The maximum Gasteiger partial charge on any atom is 0.308 e. The molecule has 0 saturated heterocycles. The van der Waals surface area contributed by atoms with Crippen LogP contribution >= 0.6 is 0 Å². The van der Waals surface area contributed by atoms with Gasteiger partial charge in [-0.25, -0.2) is 4.98 Å². The molecular weight excluding hydrogens is 272 g/mol. The molecule has 0 aromatic carbocycles. The van der Waals surface area contributed by atoms with Crippen LogP contribution in [-0.4, -0.2) is 28.0 Å². The molecule has 1 aromatic rings. The quantitative estimate of drug-likeness (QED) is 0.893. The van der Waals surface area contributed by atoms with Crippen molar-refractivity contribution < 1.29 is 19.1 Å². The minimum absolute atomic E-state index is 0.179. The van der Waals surface area contributed by atoms with Gasteiger partial charge in [-0.3, -0.25) is 9.59 Å². The molecule has 6 heteroatoms. The summed E-state index contributed by atoms with van der Waals surface area (Å²) in [6.07, 6.45) is 5.26. The summed E-state index contributed by atoms with van der Waals surface area (Å²) >= 11 is 0. The predicted molar refractivity (Wildman–Crippen MR) is 76.1 cm³/mol. The molecule has 1 saturated carbocycles. The Morgan fingerprint density at radius 1 is 1.19 bits per heavy atom. The summed E-state index contributed by atoms with van der Waals surface area (Å²) in [7, 11) is 0. The molecule has 1 heterocycles. The topological polar surface area (TPSA) is 92.4 Å². The van der Waals surface area contributed by atoms with Gasteiger partial charge in [-0.2, -0.15) is 0 Å². The van der Waals surface area contributed by atoms with Crippen molar-refractivity contribution in [3.8, 4) is 0 Å². The Kier molecular flexibility index (Phi) is 4.98. The zero-order valence-corrected chi connectivity index (χ0v) is 12.5. The lowest BCUT2D eigenvalue weighted by Gasteiger charge is -2.26. The zero-order chi connectivity index (χ0) is 15.4. The van der Waals surface area contributed by atoms with Crippen molar-refractivity contribution in [3.63, 3.8) is 0 Å². The fraction of sp³-hybridized carbons (Fsp3) is 0.667. The molecule has 2 atom stereocenters. The Balaban J connectivity index is 2.11. The maximum atomic E-state index is 12.3. The van der Waals surface area contributed by atoms with Crippen LogP contribution in [0, 0.1) is 19.8 Å². The summed E-state index contributed by atoms with van der Waals surface area (Å²) in [5.74, 6) is -1.13. The van der Waals surface area contributed by atoms with Crippen molar-refractivity contribution in [2.24, 2.45) is 5.92 Å². The van der Waals surface area contributed by atoms with E-state index in [0.29, 0.717) is 24.4 Å². The van der Waals surface area contributed by atoms with Gasteiger partial charge in [-0.05, 0) is 19.8 Å². The first-order chi connectivity index (χ1) is 9.99. The summed E-state index contributed by atoms with van der Waals surface area (Å²) in [6.45, 7) is 3.39. The van der Waals surface area contributed by atoms with Gasteiger partial charge < -0.3 is 14.8 Å². The van der Waals surface area contributed by atoms with Crippen LogP contribution in [0.3, 0.4) is 0 Å². The maximum absolute atomic E-state index is 12.3. The highest BCUT2D eigenvalue weighted by Crippen LogP contribution is 2.24. The lowest BCUT2D eigenvalue weighted by Crippen LogP contribution is -2.44. The average Bonchev–Trinajstić information content (AvgIpc) is 2.71. The molecule has 1 amide bonds. The highest BCUT2D eigenvalue weighted by molar-refractivity contribution is 5.93. The number of aryl methyl sites for hydroxylation is 2. The van der Waals surface area contributed by atoms with Gasteiger partial charge in [0.15, 0.2) is 5.89 Å². The van der Waals surface area contributed by atoms with Crippen molar-refractivity contribution in [1.82, 2.24) is 10.3 Å². The number of carboxylic acid groups (broad SMARTS) is 1. The van der Waals surface area contributed by atoms with E-state index in [9.17, 15) is 14.7 Å². The van der Waals surface area contributed by atoms with E-state index in [1.165, 1.54) is 0 Å². The van der Waals surface area contributed by atoms with E-state index in [0.717, 1.165) is 25.7 Å². The van der Waals surface area contributed by atoms with Gasteiger partial charge in [-0.1, -0.05) is 25.7 Å². The lowest BCUT2D eigenvalue weighted by atomic mass is 9.86. The number of hydrogen-bond acceptors (Lipinski definition) is 4. The zero-order valence-electron chi connectivity index (χ0n) is 12.5. The number of carboxylic acids is 1. The third-order valence-corrected chi connectivity index (χ3v) is 4.01. The Hall–Kier alpha value is -1.85. The van der Waals surface area contributed by atoms with Crippen molar-refractivity contribution in [2.75, 3.05) is 0 Å². The Morgan fingerprint density at radius 3 is 2.43 bits per heavy atom. The van der Waals surface area contributed by atoms with Gasteiger partial charge in [0.05, 0.1) is 11.6 Å². The standard InChI is InChI=1S/C15H22N2O4/c1-9-13(21-10(2)16-9)14(18)17-12-8-6-4-3-5-7-11(12)15(19)20/h11-12H,3-8H2,1-2H3,(H,17,18)(H,19,20). The van der Waals surface area contributed by atoms with E-state index in [1.54, 1.807) is 13.8 Å². The van der Waals surface area contributed by atoms with Gasteiger partial charge in [0.25, 0.3) is 5.91 Å². The Labute approximate surface area is 123 Å². The largest absolute Gasteiger partial charge is 0.481 e. The van der Waals surface area contributed by atoms with Crippen LogP contribution in [0.25, 0.3) is 0 Å². The Morgan fingerprint density at radius 2 is 1.86 bits per heavy atom. The first-order valence-corrected chi connectivity index (χ1v) is 7.46. The summed E-state index contributed by atoms with van der Waals surface area (Å²) in [5.41, 5.74) is 0.530. The molecule has 21 heavy (non-hydrogen) atoms. The summed E-state index contributed by atoms with van der Waals surface area (Å²) in [4.78, 5) is 27.8. The second kappa shape index (κ2) is 6.74. The molecule has 2 N–H and O–H groups in total. The molecule has 116 valence electrons. The van der Waals surface area contributed by atoms with Crippen LogP contribution in [0.1, 0.15) is 60.7 Å². The number of nitrogens with zero attached hydrogens (tertiary/aromatic N) is 1. The van der Waals surface area contributed by atoms with Crippen LogP contribution in [0.4, 0.5) is 0 Å². The molecule has 2 rings (SSSR count). The van der Waals surface area contributed by atoms with E-state index in [1.807, 2.05) is 0 Å². The molecule has 1 fully saturated rings. The average molecular weight is 294 g/mol.